The van der Waals surface area contributed by atoms with E-state index in [1.165, 1.54) is 31.4 Å². The van der Waals surface area contributed by atoms with E-state index in [9.17, 15) is 10.1 Å². The van der Waals surface area contributed by atoms with Gasteiger partial charge in [-0.05, 0) is 62.4 Å². The Labute approximate surface area is 137 Å². The fourth-order valence-electron chi connectivity index (χ4n) is 3.74. The van der Waals surface area contributed by atoms with E-state index < -0.39 is 0 Å². The summed E-state index contributed by atoms with van der Waals surface area (Å²) in [5, 5.41) is 14.2. The number of halogens is 1. The van der Waals surface area contributed by atoms with Crippen LogP contribution in [0.15, 0.2) is 18.2 Å². The average molecular weight is 326 g/mol. The van der Waals surface area contributed by atoms with Crippen LogP contribution in [0.5, 0.6) is 0 Å². The van der Waals surface area contributed by atoms with E-state index in [-0.39, 0.29) is 23.0 Å². The van der Waals surface area contributed by atoms with Crippen LogP contribution in [-0.4, -0.2) is 36.0 Å². The van der Waals surface area contributed by atoms with Gasteiger partial charge in [0.2, 0.25) is 0 Å². The van der Waals surface area contributed by atoms with Crippen LogP contribution >= 0.6 is 12.4 Å². The number of nitrogens with one attached hydrogen (secondary N) is 1. The average Bonchev–Trinajstić information content (AvgIpc) is 2.84. The number of hydrogen-bond donors (Lipinski definition) is 1. The zero-order valence-corrected chi connectivity index (χ0v) is 13.8. The number of nitro groups is 1. The van der Waals surface area contributed by atoms with Crippen molar-refractivity contribution in [2.24, 2.45) is 5.41 Å². The molecule has 2 fully saturated rings. The van der Waals surface area contributed by atoms with E-state index in [0.29, 0.717) is 5.41 Å². The maximum absolute atomic E-state index is 10.8. The molecule has 0 radical (unpaired) electrons. The molecule has 3 rings (SSSR count). The maximum atomic E-state index is 10.8. The Morgan fingerprint density at radius 2 is 2.05 bits per heavy atom. The van der Waals surface area contributed by atoms with Crippen LogP contribution in [0.3, 0.4) is 0 Å². The van der Waals surface area contributed by atoms with Crippen molar-refractivity contribution in [3.8, 4) is 0 Å². The van der Waals surface area contributed by atoms with Crippen molar-refractivity contribution in [1.82, 2.24) is 10.2 Å². The summed E-state index contributed by atoms with van der Waals surface area (Å²) in [5.74, 6) is 0. The molecule has 1 aromatic carbocycles. The number of piperidine rings is 1. The van der Waals surface area contributed by atoms with Gasteiger partial charge in [-0.1, -0.05) is 6.07 Å². The minimum absolute atomic E-state index is 0. The van der Waals surface area contributed by atoms with Crippen LogP contribution in [0.2, 0.25) is 0 Å². The predicted molar refractivity (Wildman–Crippen MR) is 89.5 cm³/mol. The summed E-state index contributed by atoms with van der Waals surface area (Å²) in [7, 11) is 0. The van der Waals surface area contributed by atoms with Gasteiger partial charge in [-0.3, -0.25) is 15.0 Å². The zero-order chi connectivity index (χ0) is 14.9. The molecule has 1 N–H and O–H groups in total. The second-order valence-corrected chi connectivity index (χ2v) is 6.58. The largest absolute Gasteiger partial charge is 0.317 e. The number of likely N-dealkylation sites (tertiary alicyclic amines) is 1. The minimum Gasteiger partial charge on any atom is -0.317 e. The van der Waals surface area contributed by atoms with Gasteiger partial charge in [0.1, 0.15) is 0 Å². The molecule has 2 heterocycles. The van der Waals surface area contributed by atoms with Crippen LogP contribution in [0.1, 0.15) is 30.4 Å². The molecule has 0 aromatic heterocycles. The molecular weight excluding hydrogens is 302 g/mol. The molecule has 0 aliphatic carbocycles. The minimum atomic E-state index is -0.323. The molecule has 122 valence electrons. The first kappa shape index (κ1) is 17.2. The summed E-state index contributed by atoms with van der Waals surface area (Å²) in [5.41, 5.74) is 2.94. The lowest BCUT2D eigenvalue weighted by molar-refractivity contribution is -0.384. The molecule has 5 nitrogen and oxygen atoms in total. The summed E-state index contributed by atoms with van der Waals surface area (Å²) in [6.45, 7) is 7.49. The van der Waals surface area contributed by atoms with Crippen molar-refractivity contribution in [3.05, 3.63) is 39.4 Å². The van der Waals surface area contributed by atoms with Gasteiger partial charge in [0.15, 0.2) is 0 Å². The van der Waals surface area contributed by atoms with Gasteiger partial charge in [0.25, 0.3) is 5.69 Å². The summed E-state index contributed by atoms with van der Waals surface area (Å²) < 4.78 is 0. The molecule has 2 aliphatic rings. The van der Waals surface area contributed by atoms with Gasteiger partial charge in [-0.2, -0.15) is 0 Å². The van der Waals surface area contributed by atoms with Crippen LogP contribution in [0.4, 0.5) is 5.69 Å². The topological polar surface area (TPSA) is 58.4 Å². The highest BCUT2D eigenvalue weighted by molar-refractivity contribution is 5.85. The molecule has 0 amide bonds. The van der Waals surface area contributed by atoms with Gasteiger partial charge in [-0.15, -0.1) is 12.4 Å². The molecule has 0 unspecified atom stereocenters. The van der Waals surface area contributed by atoms with Gasteiger partial charge in [0, 0.05) is 25.2 Å². The first-order valence-corrected chi connectivity index (χ1v) is 7.75. The highest BCUT2D eigenvalue weighted by atomic mass is 35.5. The monoisotopic (exact) mass is 325 g/mol. The van der Waals surface area contributed by atoms with Crippen molar-refractivity contribution in [2.75, 3.05) is 26.2 Å². The fraction of sp³-hybridized carbons (Fsp3) is 0.625. The summed E-state index contributed by atoms with van der Waals surface area (Å²) in [4.78, 5) is 13.0. The third-order valence-corrected chi connectivity index (χ3v) is 5.11. The third kappa shape index (κ3) is 3.59. The number of nitrogens with zero attached hydrogens (tertiary/aromatic N) is 2. The molecule has 22 heavy (non-hydrogen) atoms. The van der Waals surface area contributed by atoms with E-state index in [1.54, 1.807) is 12.1 Å². The molecule has 6 heteroatoms. The van der Waals surface area contributed by atoms with Crippen molar-refractivity contribution in [3.63, 3.8) is 0 Å². The molecular formula is C16H24ClN3O2. The molecule has 0 atom stereocenters. The Morgan fingerprint density at radius 1 is 1.32 bits per heavy atom. The van der Waals surface area contributed by atoms with Crippen molar-refractivity contribution in [2.45, 2.75) is 32.7 Å². The Morgan fingerprint density at radius 3 is 2.68 bits per heavy atom. The van der Waals surface area contributed by atoms with Crippen LogP contribution in [0, 0.1) is 22.5 Å². The van der Waals surface area contributed by atoms with E-state index in [2.05, 4.69) is 10.2 Å². The zero-order valence-electron chi connectivity index (χ0n) is 13.0. The summed E-state index contributed by atoms with van der Waals surface area (Å²) in [6, 6.07) is 5.23. The Balaban J connectivity index is 0.00000176. The van der Waals surface area contributed by atoms with Crippen LogP contribution < -0.4 is 5.32 Å². The van der Waals surface area contributed by atoms with E-state index >= 15 is 0 Å². The molecule has 1 spiro atoms. The van der Waals surface area contributed by atoms with E-state index in [0.717, 1.165) is 31.7 Å². The second-order valence-electron chi connectivity index (χ2n) is 6.58. The van der Waals surface area contributed by atoms with Gasteiger partial charge in [0.05, 0.1) is 4.92 Å². The number of hydrogen-bond acceptors (Lipinski definition) is 4. The quantitative estimate of drug-likeness (QED) is 0.685. The lowest BCUT2D eigenvalue weighted by Gasteiger charge is -2.34. The Hall–Kier alpha value is -1.17. The van der Waals surface area contributed by atoms with E-state index in [1.807, 2.05) is 13.0 Å². The maximum Gasteiger partial charge on any atom is 0.269 e. The Kier molecular flexibility index (Phi) is 5.42. The van der Waals surface area contributed by atoms with Crippen molar-refractivity contribution < 1.29 is 4.92 Å². The smallest absolute Gasteiger partial charge is 0.269 e. The Bertz CT molecular complexity index is 544. The number of aryl methyl sites for hydroxylation is 1. The van der Waals surface area contributed by atoms with Crippen LogP contribution in [0.25, 0.3) is 0 Å². The third-order valence-electron chi connectivity index (χ3n) is 5.11. The second kappa shape index (κ2) is 6.94. The van der Waals surface area contributed by atoms with Crippen LogP contribution in [-0.2, 0) is 6.54 Å². The normalized spacial score (nSPS) is 20.8. The fourth-order valence-corrected chi connectivity index (χ4v) is 3.74. The predicted octanol–water partition coefficient (Wildman–Crippen LogP) is 2.90. The first-order chi connectivity index (χ1) is 10.1. The number of nitro benzene ring substituents is 1. The first-order valence-electron chi connectivity index (χ1n) is 7.75. The van der Waals surface area contributed by atoms with Gasteiger partial charge >= 0.3 is 0 Å². The number of non-ortho nitro benzene ring substituents is 1. The molecule has 2 saturated heterocycles. The summed E-state index contributed by atoms with van der Waals surface area (Å²) >= 11 is 0. The van der Waals surface area contributed by atoms with Crippen molar-refractivity contribution >= 4 is 18.1 Å². The molecule has 1 aromatic rings. The SMILES string of the molecule is Cc1cc([N+](=O)[O-])ccc1CN1CCC2(CCNCC2)C1.Cl. The van der Waals surface area contributed by atoms with Gasteiger partial charge in [-0.25, -0.2) is 0 Å². The highest BCUT2D eigenvalue weighted by Gasteiger charge is 2.38. The van der Waals surface area contributed by atoms with Gasteiger partial charge < -0.3 is 5.32 Å². The lowest BCUT2D eigenvalue weighted by atomic mass is 9.78. The summed E-state index contributed by atoms with van der Waals surface area (Å²) in [6.07, 6.45) is 3.85. The van der Waals surface area contributed by atoms with Crippen molar-refractivity contribution in [1.29, 1.82) is 0 Å². The standard InChI is InChI=1S/C16H23N3O2.ClH/c1-13-10-15(19(20)21)3-2-14(13)11-18-9-6-16(12-18)4-7-17-8-5-16;/h2-3,10,17H,4-9,11-12H2,1H3;1H. The lowest BCUT2D eigenvalue weighted by Crippen LogP contribution is -2.38. The number of benzene rings is 1. The van der Waals surface area contributed by atoms with E-state index in [4.69, 9.17) is 0 Å². The molecule has 0 bridgehead atoms. The number of rotatable bonds is 3. The molecule has 0 saturated carbocycles. The molecule has 2 aliphatic heterocycles. The highest BCUT2D eigenvalue weighted by Crippen LogP contribution is 2.39.